The Bertz CT molecular complexity index is 1200. The fraction of sp³-hybridized carbons (Fsp3) is 0. The van der Waals surface area contributed by atoms with Gasteiger partial charge in [-0.2, -0.15) is 10.2 Å². The zero-order chi connectivity index (χ0) is 20.9. The standard InChI is InChI=1S/C21H15N5O4/c27-21(19-7-4-12-30-19)23-22-13-16-14-25(17-5-2-1-3-6-17)24-20(16)15-8-10-18(11-9-15)26(28)29/h1-14H,(H,23,27)/b22-13-. The smallest absolute Gasteiger partial charge is 0.307 e. The van der Waals surface area contributed by atoms with Gasteiger partial charge >= 0.3 is 5.91 Å². The van der Waals surface area contributed by atoms with E-state index >= 15 is 0 Å². The Kier molecular flexibility index (Phi) is 5.16. The Morgan fingerprint density at radius 1 is 1.10 bits per heavy atom. The van der Waals surface area contributed by atoms with E-state index in [4.69, 9.17) is 4.42 Å². The highest BCUT2D eigenvalue weighted by molar-refractivity contribution is 5.93. The molecule has 0 bridgehead atoms. The van der Waals surface area contributed by atoms with Crippen molar-refractivity contribution >= 4 is 17.8 Å². The van der Waals surface area contributed by atoms with E-state index in [1.54, 1.807) is 29.1 Å². The summed E-state index contributed by atoms with van der Waals surface area (Å²) in [7, 11) is 0. The van der Waals surface area contributed by atoms with Gasteiger partial charge in [-0.25, -0.2) is 10.1 Å². The monoisotopic (exact) mass is 401 g/mol. The molecule has 1 N–H and O–H groups in total. The maximum absolute atomic E-state index is 12.0. The zero-order valence-corrected chi connectivity index (χ0v) is 15.5. The lowest BCUT2D eigenvalue weighted by Crippen LogP contribution is -2.16. The lowest BCUT2D eigenvalue weighted by Gasteiger charge is -2.00. The molecule has 0 aliphatic rings. The molecule has 0 radical (unpaired) electrons. The summed E-state index contributed by atoms with van der Waals surface area (Å²) < 4.78 is 6.70. The van der Waals surface area contributed by atoms with Crippen molar-refractivity contribution in [2.24, 2.45) is 5.10 Å². The molecule has 0 aliphatic carbocycles. The van der Waals surface area contributed by atoms with Gasteiger partial charge in [-0.15, -0.1) is 0 Å². The third-order valence-corrected chi connectivity index (χ3v) is 4.23. The molecule has 9 nitrogen and oxygen atoms in total. The zero-order valence-electron chi connectivity index (χ0n) is 15.5. The number of nitrogens with zero attached hydrogens (tertiary/aromatic N) is 4. The minimum absolute atomic E-state index is 0.0119. The Hall–Kier alpha value is -4.53. The SMILES string of the molecule is O=C(N/N=C\c1cn(-c2ccccc2)nc1-c1ccc([N+](=O)[O-])cc1)c1ccco1. The van der Waals surface area contributed by atoms with Gasteiger partial charge in [0.1, 0.15) is 5.69 Å². The number of benzene rings is 2. The van der Waals surface area contributed by atoms with Crippen LogP contribution in [0.1, 0.15) is 16.1 Å². The number of rotatable bonds is 6. The van der Waals surface area contributed by atoms with Crippen LogP contribution in [-0.2, 0) is 0 Å². The second kappa shape index (κ2) is 8.23. The number of hydrogen-bond acceptors (Lipinski definition) is 6. The summed E-state index contributed by atoms with van der Waals surface area (Å²) in [6, 6.07) is 18.7. The largest absolute Gasteiger partial charge is 0.459 e. The predicted octanol–water partition coefficient (Wildman–Crippen LogP) is 3.80. The van der Waals surface area contributed by atoms with Gasteiger partial charge in [-0.1, -0.05) is 18.2 Å². The molecule has 2 aromatic heterocycles. The van der Waals surface area contributed by atoms with Gasteiger partial charge in [0, 0.05) is 29.5 Å². The third kappa shape index (κ3) is 3.99. The Balaban J connectivity index is 1.66. The maximum atomic E-state index is 12.0. The van der Waals surface area contributed by atoms with E-state index in [0.29, 0.717) is 16.8 Å². The van der Waals surface area contributed by atoms with Gasteiger partial charge < -0.3 is 4.42 Å². The van der Waals surface area contributed by atoms with Crippen LogP contribution in [0.15, 0.2) is 88.7 Å². The molecule has 1 amide bonds. The first kappa shape index (κ1) is 18.8. The summed E-state index contributed by atoms with van der Waals surface area (Å²) in [6.07, 6.45) is 4.62. The van der Waals surface area contributed by atoms with Crippen molar-refractivity contribution in [3.8, 4) is 16.9 Å². The molecule has 2 heterocycles. The molecule has 9 heteroatoms. The molecular weight excluding hydrogens is 386 g/mol. The predicted molar refractivity (Wildman–Crippen MR) is 109 cm³/mol. The molecule has 2 aromatic carbocycles. The topological polar surface area (TPSA) is 116 Å². The quantitative estimate of drug-likeness (QED) is 0.300. The van der Waals surface area contributed by atoms with Gasteiger partial charge in [-0.3, -0.25) is 14.9 Å². The Morgan fingerprint density at radius 2 is 1.87 bits per heavy atom. The maximum Gasteiger partial charge on any atom is 0.307 e. The number of amides is 1. The van der Waals surface area contributed by atoms with Crippen molar-refractivity contribution in [3.05, 3.63) is 101 Å². The minimum atomic E-state index is -0.483. The second-order valence-electron chi connectivity index (χ2n) is 6.19. The van der Waals surface area contributed by atoms with Crippen LogP contribution < -0.4 is 5.43 Å². The molecule has 0 atom stereocenters. The van der Waals surface area contributed by atoms with Crippen LogP contribution in [0.2, 0.25) is 0 Å². The number of nitrogens with one attached hydrogen (secondary N) is 1. The first-order chi connectivity index (χ1) is 14.6. The fourth-order valence-corrected chi connectivity index (χ4v) is 2.78. The van der Waals surface area contributed by atoms with Gasteiger partial charge in [-0.05, 0) is 36.4 Å². The van der Waals surface area contributed by atoms with Crippen LogP contribution in [0.5, 0.6) is 0 Å². The first-order valence-corrected chi connectivity index (χ1v) is 8.88. The number of furan rings is 1. The van der Waals surface area contributed by atoms with E-state index in [9.17, 15) is 14.9 Å². The molecule has 30 heavy (non-hydrogen) atoms. The van der Waals surface area contributed by atoms with Crippen LogP contribution in [0, 0.1) is 10.1 Å². The van der Waals surface area contributed by atoms with Gasteiger partial charge in [0.25, 0.3) is 5.69 Å². The van der Waals surface area contributed by atoms with Crippen molar-refractivity contribution in [1.29, 1.82) is 0 Å². The third-order valence-electron chi connectivity index (χ3n) is 4.23. The molecule has 148 valence electrons. The summed E-state index contributed by atoms with van der Waals surface area (Å²) in [6.45, 7) is 0. The second-order valence-corrected chi connectivity index (χ2v) is 6.19. The molecule has 0 saturated heterocycles. The number of non-ortho nitro benzene ring substituents is 1. The Morgan fingerprint density at radius 3 is 2.53 bits per heavy atom. The van der Waals surface area contributed by atoms with E-state index in [-0.39, 0.29) is 11.4 Å². The molecular formula is C21H15N5O4. The molecule has 0 unspecified atom stereocenters. The molecule has 0 fully saturated rings. The number of para-hydroxylation sites is 1. The number of carbonyl (C=O) groups excluding carboxylic acids is 1. The fourth-order valence-electron chi connectivity index (χ4n) is 2.78. The highest BCUT2D eigenvalue weighted by atomic mass is 16.6. The van der Waals surface area contributed by atoms with Gasteiger partial charge in [0.05, 0.1) is 23.1 Å². The van der Waals surface area contributed by atoms with Crippen LogP contribution in [0.3, 0.4) is 0 Å². The summed E-state index contributed by atoms with van der Waals surface area (Å²) in [5, 5.41) is 19.5. The summed E-state index contributed by atoms with van der Waals surface area (Å²) in [4.78, 5) is 22.4. The lowest BCUT2D eigenvalue weighted by atomic mass is 10.1. The number of nitro groups is 1. The van der Waals surface area contributed by atoms with Gasteiger partial charge in [0.15, 0.2) is 5.76 Å². The molecule has 0 saturated carbocycles. The van der Waals surface area contributed by atoms with Crippen LogP contribution in [0.25, 0.3) is 16.9 Å². The normalized spacial score (nSPS) is 10.9. The number of nitro benzene ring substituents is 1. The van der Waals surface area contributed by atoms with Crippen LogP contribution in [0.4, 0.5) is 5.69 Å². The average Bonchev–Trinajstić information content (AvgIpc) is 3.45. The highest BCUT2D eigenvalue weighted by Gasteiger charge is 2.13. The van der Waals surface area contributed by atoms with Crippen molar-refractivity contribution in [2.45, 2.75) is 0 Å². The lowest BCUT2D eigenvalue weighted by molar-refractivity contribution is -0.384. The first-order valence-electron chi connectivity index (χ1n) is 8.88. The van der Waals surface area contributed by atoms with E-state index < -0.39 is 10.8 Å². The molecule has 4 aromatic rings. The van der Waals surface area contributed by atoms with Crippen LogP contribution in [-0.4, -0.2) is 26.8 Å². The number of hydrogen-bond donors (Lipinski definition) is 1. The minimum Gasteiger partial charge on any atom is -0.459 e. The van der Waals surface area contributed by atoms with Gasteiger partial charge in [0.2, 0.25) is 0 Å². The van der Waals surface area contributed by atoms with Crippen molar-refractivity contribution in [1.82, 2.24) is 15.2 Å². The van der Waals surface area contributed by atoms with Crippen molar-refractivity contribution in [3.63, 3.8) is 0 Å². The number of aromatic nitrogens is 2. The molecule has 4 rings (SSSR count). The van der Waals surface area contributed by atoms with E-state index in [1.807, 2.05) is 30.3 Å². The molecule has 0 aliphatic heterocycles. The van der Waals surface area contributed by atoms with Crippen LogP contribution >= 0.6 is 0 Å². The highest BCUT2D eigenvalue weighted by Crippen LogP contribution is 2.25. The number of carbonyl (C=O) groups is 1. The van der Waals surface area contributed by atoms with Crippen molar-refractivity contribution < 1.29 is 14.1 Å². The summed E-state index contributed by atoms with van der Waals surface area (Å²) >= 11 is 0. The molecule has 0 spiro atoms. The van der Waals surface area contributed by atoms with E-state index in [0.717, 1.165) is 5.69 Å². The van der Waals surface area contributed by atoms with E-state index in [1.165, 1.54) is 30.7 Å². The van der Waals surface area contributed by atoms with Crippen molar-refractivity contribution in [2.75, 3.05) is 0 Å². The number of hydrazone groups is 1. The van der Waals surface area contributed by atoms with E-state index in [2.05, 4.69) is 15.6 Å². The average molecular weight is 401 g/mol. The summed E-state index contributed by atoms with van der Waals surface area (Å²) in [5.74, 6) is -0.341. The summed E-state index contributed by atoms with van der Waals surface area (Å²) in [5.41, 5.74) is 5.07. The Labute approximate surface area is 170 Å².